The van der Waals surface area contributed by atoms with Crippen molar-refractivity contribution < 1.29 is 4.74 Å². The summed E-state index contributed by atoms with van der Waals surface area (Å²) < 4.78 is 5.61. The van der Waals surface area contributed by atoms with Gasteiger partial charge in [-0.25, -0.2) is 4.98 Å². The second-order valence-electron chi connectivity index (χ2n) is 3.85. The van der Waals surface area contributed by atoms with Crippen molar-refractivity contribution in [1.82, 2.24) is 4.98 Å². The first kappa shape index (κ1) is 12.8. The van der Waals surface area contributed by atoms with Crippen LogP contribution in [0.25, 0.3) is 0 Å². The minimum Gasteiger partial charge on any atom is -0.489 e. The predicted molar refractivity (Wildman–Crippen MR) is 76.0 cm³/mol. The zero-order valence-electron chi connectivity index (χ0n) is 10.3. The van der Waals surface area contributed by atoms with Crippen LogP contribution in [-0.4, -0.2) is 17.3 Å². The van der Waals surface area contributed by atoms with E-state index in [2.05, 4.69) is 17.1 Å². The van der Waals surface area contributed by atoms with E-state index in [1.807, 2.05) is 37.3 Å². The minimum atomic E-state index is 0.458. The van der Waals surface area contributed by atoms with Crippen LogP contribution in [0.3, 0.4) is 0 Å². The molecule has 1 heterocycles. The monoisotopic (exact) mass is 260 g/mol. The second kappa shape index (κ2) is 6.31. The summed E-state index contributed by atoms with van der Waals surface area (Å²) in [5.74, 6) is 2.01. The van der Waals surface area contributed by atoms with E-state index in [1.54, 1.807) is 11.8 Å². The van der Waals surface area contributed by atoms with Crippen molar-refractivity contribution in [3.8, 4) is 5.75 Å². The van der Waals surface area contributed by atoms with Crippen molar-refractivity contribution in [3.05, 3.63) is 48.2 Å². The van der Waals surface area contributed by atoms with Crippen LogP contribution in [-0.2, 0) is 0 Å². The van der Waals surface area contributed by atoms with Gasteiger partial charge in [0.1, 0.15) is 0 Å². The molecule has 1 aromatic carbocycles. The lowest BCUT2D eigenvalue weighted by Gasteiger charge is -2.08. The molecule has 0 bridgehead atoms. The van der Waals surface area contributed by atoms with E-state index in [4.69, 9.17) is 10.5 Å². The molecule has 1 aromatic heterocycles. The Labute approximate surface area is 111 Å². The molecule has 0 aliphatic rings. The number of pyridine rings is 1. The van der Waals surface area contributed by atoms with E-state index < -0.39 is 0 Å². The van der Waals surface area contributed by atoms with Gasteiger partial charge in [-0.1, -0.05) is 18.2 Å². The highest BCUT2D eigenvalue weighted by atomic mass is 32.2. The molecule has 0 saturated heterocycles. The van der Waals surface area contributed by atoms with Gasteiger partial charge in [0, 0.05) is 16.3 Å². The van der Waals surface area contributed by atoms with Gasteiger partial charge in [0.15, 0.2) is 11.6 Å². The smallest absolute Gasteiger partial charge is 0.166 e. The van der Waals surface area contributed by atoms with Crippen molar-refractivity contribution in [1.29, 1.82) is 0 Å². The van der Waals surface area contributed by atoms with Gasteiger partial charge in [-0.05, 0) is 31.2 Å². The first-order chi connectivity index (χ1) is 8.75. The number of anilines is 1. The van der Waals surface area contributed by atoms with Crippen LogP contribution in [0.1, 0.15) is 5.69 Å². The molecule has 94 valence electrons. The number of rotatable bonds is 5. The molecule has 18 heavy (non-hydrogen) atoms. The molecule has 0 unspecified atom stereocenters. The number of benzene rings is 1. The maximum Gasteiger partial charge on any atom is 0.166 e. The number of aryl methyl sites for hydroxylation is 1. The Bertz CT molecular complexity index is 502. The second-order valence-corrected chi connectivity index (χ2v) is 5.01. The summed E-state index contributed by atoms with van der Waals surface area (Å²) >= 11 is 1.76. The average molecular weight is 260 g/mol. The third kappa shape index (κ3) is 3.67. The summed E-state index contributed by atoms with van der Waals surface area (Å²) in [6.45, 7) is 2.53. The molecule has 0 amide bonds. The van der Waals surface area contributed by atoms with Crippen LogP contribution >= 0.6 is 11.8 Å². The molecular weight excluding hydrogens is 244 g/mol. The third-order valence-corrected chi connectivity index (χ3v) is 3.35. The lowest BCUT2D eigenvalue weighted by molar-refractivity contribution is 0.344. The van der Waals surface area contributed by atoms with Crippen molar-refractivity contribution in [2.24, 2.45) is 0 Å². The summed E-state index contributed by atoms with van der Waals surface area (Å²) in [7, 11) is 0. The number of nitrogens with two attached hydrogens (primary N) is 1. The van der Waals surface area contributed by atoms with E-state index in [9.17, 15) is 0 Å². The summed E-state index contributed by atoms with van der Waals surface area (Å²) in [6.07, 6.45) is 0. The Morgan fingerprint density at radius 1 is 1.17 bits per heavy atom. The lowest BCUT2D eigenvalue weighted by atomic mass is 10.3. The minimum absolute atomic E-state index is 0.458. The van der Waals surface area contributed by atoms with Gasteiger partial charge in [-0.15, -0.1) is 11.8 Å². The summed E-state index contributed by atoms with van der Waals surface area (Å²) in [4.78, 5) is 5.40. The van der Waals surface area contributed by atoms with Crippen LogP contribution in [0, 0.1) is 6.92 Å². The van der Waals surface area contributed by atoms with E-state index in [1.165, 1.54) is 4.90 Å². The molecule has 0 aliphatic carbocycles. The topological polar surface area (TPSA) is 48.1 Å². The Morgan fingerprint density at radius 3 is 2.67 bits per heavy atom. The average Bonchev–Trinajstić information content (AvgIpc) is 2.38. The largest absolute Gasteiger partial charge is 0.489 e. The van der Waals surface area contributed by atoms with Crippen molar-refractivity contribution in [2.45, 2.75) is 11.8 Å². The Morgan fingerprint density at radius 2 is 1.94 bits per heavy atom. The van der Waals surface area contributed by atoms with Crippen molar-refractivity contribution in [3.63, 3.8) is 0 Å². The molecule has 0 aliphatic heterocycles. The molecule has 0 saturated carbocycles. The van der Waals surface area contributed by atoms with E-state index in [0.29, 0.717) is 18.2 Å². The van der Waals surface area contributed by atoms with Crippen molar-refractivity contribution in [2.75, 3.05) is 18.1 Å². The van der Waals surface area contributed by atoms with Crippen LogP contribution in [0.15, 0.2) is 47.4 Å². The number of aromatic nitrogens is 1. The van der Waals surface area contributed by atoms with E-state index in [-0.39, 0.29) is 0 Å². The highest BCUT2D eigenvalue weighted by Gasteiger charge is 2.01. The summed E-state index contributed by atoms with van der Waals surface area (Å²) in [5, 5.41) is 0. The van der Waals surface area contributed by atoms with Crippen LogP contribution in [0.4, 0.5) is 5.82 Å². The molecular formula is C14H16N2OS. The number of hydrogen-bond acceptors (Lipinski definition) is 4. The van der Waals surface area contributed by atoms with Gasteiger partial charge in [0.05, 0.1) is 6.61 Å². The normalized spacial score (nSPS) is 10.3. The fraction of sp³-hybridized carbons (Fsp3) is 0.214. The van der Waals surface area contributed by atoms with Gasteiger partial charge in [-0.3, -0.25) is 0 Å². The molecule has 2 aromatic rings. The van der Waals surface area contributed by atoms with Crippen LogP contribution in [0.5, 0.6) is 5.75 Å². The summed E-state index contributed by atoms with van der Waals surface area (Å²) in [5.41, 5.74) is 6.67. The SMILES string of the molecule is Cc1ccc(OCCSc2ccccc2)c(N)n1. The van der Waals surface area contributed by atoms with E-state index in [0.717, 1.165) is 11.4 Å². The Balaban J connectivity index is 1.79. The first-order valence-corrected chi connectivity index (χ1v) is 6.78. The Hall–Kier alpha value is -1.68. The van der Waals surface area contributed by atoms with Gasteiger partial charge >= 0.3 is 0 Å². The third-order valence-electron chi connectivity index (χ3n) is 2.38. The number of nitrogen functional groups attached to an aromatic ring is 1. The molecule has 3 nitrogen and oxygen atoms in total. The fourth-order valence-corrected chi connectivity index (χ4v) is 2.27. The van der Waals surface area contributed by atoms with Gasteiger partial charge in [0.25, 0.3) is 0 Å². The molecule has 2 rings (SSSR count). The fourth-order valence-electron chi connectivity index (χ4n) is 1.51. The Kier molecular flexibility index (Phi) is 4.47. The summed E-state index contributed by atoms with van der Waals surface area (Å²) in [6, 6.07) is 14.0. The molecule has 0 spiro atoms. The van der Waals surface area contributed by atoms with Gasteiger partial charge in [-0.2, -0.15) is 0 Å². The molecule has 0 atom stereocenters. The van der Waals surface area contributed by atoms with E-state index >= 15 is 0 Å². The maximum atomic E-state index is 5.77. The zero-order chi connectivity index (χ0) is 12.8. The highest BCUT2D eigenvalue weighted by molar-refractivity contribution is 7.99. The van der Waals surface area contributed by atoms with Crippen molar-refractivity contribution >= 4 is 17.6 Å². The van der Waals surface area contributed by atoms with Crippen LogP contribution in [0.2, 0.25) is 0 Å². The zero-order valence-corrected chi connectivity index (χ0v) is 11.1. The number of thioether (sulfide) groups is 1. The molecule has 4 heteroatoms. The molecule has 2 N–H and O–H groups in total. The van der Waals surface area contributed by atoms with Gasteiger partial charge < -0.3 is 10.5 Å². The quantitative estimate of drug-likeness (QED) is 0.662. The predicted octanol–water partition coefficient (Wildman–Crippen LogP) is 3.14. The molecule has 0 radical (unpaired) electrons. The first-order valence-electron chi connectivity index (χ1n) is 5.79. The van der Waals surface area contributed by atoms with Gasteiger partial charge in [0.2, 0.25) is 0 Å². The lowest BCUT2D eigenvalue weighted by Crippen LogP contribution is -2.04. The standard InChI is InChI=1S/C14H16N2OS/c1-11-7-8-13(14(15)16-11)17-9-10-18-12-5-3-2-4-6-12/h2-8H,9-10H2,1H3,(H2,15,16). The molecule has 0 fully saturated rings. The number of hydrogen-bond donors (Lipinski definition) is 1. The number of ether oxygens (including phenoxy) is 1. The van der Waals surface area contributed by atoms with Crippen LogP contribution < -0.4 is 10.5 Å². The highest BCUT2D eigenvalue weighted by Crippen LogP contribution is 2.20. The maximum absolute atomic E-state index is 5.77. The number of nitrogens with zero attached hydrogens (tertiary/aromatic N) is 1.